The lowest BCUT2D eigenvalue weighted by Gasteiger charge is -2.19. The largest absolute Gasteiger partial charge is 0.441 e. The van der Waals surface area contributed by atoms with Gasteiger partial charge in [0.05, 0.1) is 0 Å². The fourth-order valence-corrected chi connectivity index (χ4v) is 2.10. The highest BCUT2D eigenvalue weighted by Crippen LogP contribution is 2.29. The van der Waals surface area contributed by atoms with Crippen molar-refractivity contribution in [3.63, 3.8) is 0 Å². The van der Waals surface area contributed by atoms with E-state index in [1.165, 1.54) is 12.8 Å². The van der Waals surface area contributed by atoms with Gasteiger partial charge in [-0.2, -0.15) is 13.2 Å². The Morgan fingerprint density at radius 2 is 2.00 bits per heavy atom. The topological polar surface area (TPSA) is 15.3 Å². The van der Waals surface area contributed by atoms with Gasteiger partial charge in [0.15, 0.2) is 0 Å². The zero-order valence-electron chi connectivity index (χ0n) is 9.52. The Kier molecular flexibility index (Phi) is 5.92. The molecule has 6 heteroatoms. The van der Waals surface area contributed by atoms with E-state index in [0.29, 0.717) is 6.54 Å². The SMILES string of the molecule is CCN(CCNCCSC(F)(F)F)C1CC1. The summed E-state index contributed by atoms with van der Waals surface area (Å²) in [6.07, 6.45) is 2.55. The first kappa shape index (κ1) is 14.1. The molecule has 1 aliphatic rings. The number of rotatable bonds is 8. The molecule has 0 spiro atoms. The van der Waals surface area contributed by atoms with Crippen molar-refractivity contribution in [2.24, 2.45) is 0 Å². The molecule has 0 aromatic rings. The second-order valence-electron chi connectivity index (χ2n) is 3.90. The van der Waals surface area contributed by atoms with Gasteiger partial charge in [-0.05, 0) is 31.1 Å². The van der Waals surface area contributed by atoms with Crippen LogP contribution in [-0.4, -0.2) is 48.4 Å². The van der Waals surface area contributed by atoms with Crippen molar-refractivity contribution in [2.75, 3.05) is 31.9 Å². The van der Waals surface area contributed by atoms with Gasteiger partial charge in [-0.15, -0.1) is 0 Å². The molecule has 96 valence electrons. The zero-order chi connectivity index (χ0) is 12.0. The van der Waals surface area contributed by atoms with E-state index in [9.17, 15) is 13.2 Å². The van der Waals surface area contributed by atoms with Crippen LogP contribution in [0, 0.1) is 0 Å². The molecule has 0 aromatic heterocycles. The van der Waals surface area contributed by atoms with E-state index in [2.05, 4.69) is 17.1 Å². The first-order valence-electron chi connectivity index (χ1n) is 5.68. The smallest absolute Gasteiger partial charge is 0.315 e. The van der Waals surface area contributed by atoms with Gasteiger partial charge in [-0.3, -0.25) is 4.90 Å². The summed E-state index contributed by atoms with van der Waals surface area (Å²) in [5.74, 6) is 0.0963. The molecule has 0 aliphatic heterocycles. The molecule has 1 saturated carbocycles. The average Bonchev–Trinajstić information content (AvgIpc) is 2.99. The predicted molar refractivity (Wildman–Crippen MR) is 61.7 cm³/mol. The number of nitrogens with one attached hydrogen (secondary N) is 1. The standard InChI is InChI=1S/C10H19F3N2S/c1-2-15(9-3-4-9)7-5-14-6-8-16-10(11,12)13/h9,14H,2-8H2,1H3. The van der Waals surface area contributed by atoms with Crippen molar-refractivity contribution in [1.29, 1.82) is 0 Å². The lowest BCUT2D eigenvalue weighted by molar-refractivity contribution is -0.0327. The monoisotopic (exact) mass is 256 g/mol. The molecule has 0 saturated heterocycles. The molecule has 1 fully saturated rings. The van der Waals surface area contributed by atoms with E-state index in [0.717, 1.165) is 25.7 Å². The van der Waals surface area contributed by atoms with E-state index in [4.69, 9.17) is 0 Å². The van der Waals surface area contributed by atoms with Crippen LogP contribution in [0.5, 0.6) is 0 Å². The molecule has 0 aromatic carbocycles. The first-order chi connectivity index (χ1) is 7.53. The van der Waals surface area contributed by atoms with Gasteiger partial charge >= 0.3 is 5.51 Å². The summed E-state index contributed by atoms with van der Waals surface area (Å²) >= 11 is 0.0407. The molecule has 0 heterocycles. The van der Waals surface area contributed by atoms with Gasteiger partial charge in [-0.25, -0.2) is 0 Å². The Morgan fingerprint density at radius 1 is 1.31 bits per heavy atom. The van der Waals surface area contributed by atoms with Crippen LogP contribution in [0.15, 0.2) is 0 Å². The molecule has 1 aliphatic carbocycles. The van der Waals surface area contributed by atoms with Crippen molar-refractivity contribution >= 4 is 11.8 Å². The minimum Gasteiger partial charge on any atom is -0.315 e. The molecule has 0 bridgehead atoms. The summed E-state index contributed by atoms with van der Waals surface area (Å²) in [5.41, 5.74) is -4.09. The minimum atomic E-state index is -4.09. The molecular formula is C10H19F3N2S. The Morgan fingerprint density at radius 3 is 2.50 bits per heavy atom. The Labute approximate surface area is 98.9 Å². The number of likely N-dealkylation sites (N-methyl/N-ethyl adjacent to an activating group) is 1. The van der Waals surface area contributed by atoms with E-state index in [-0.39, 0.29) is 17.5 Å². The van der Waals surface area contributed by atoms with Crippen LogP contribution in [0.4, 0.5) is 13.2 Å². The average molecular weight is 256 g/mol. The summed E-state index contributed by atoms with van der Waals surface area (Å²) in [7, 11) is 0. The number of thioether (sulfide) groups is 1. The third kappa shape index (κ3) is 6.60. The molecule has 2 nitrogen and oxygen atoms in total. The number of nitrogens with zero attached hydrogens (tertiary/aromatic N) is 1. The molecule has 0 radical (unpaired) electrons. The maximum Gasteiger partial charge on any atom is 0.441 e. The molecule has 0 unspecified atom stereocenters. The maximum atomic E-state index is 11.8. The second kappa shape index (κ2) is 6.71. The first-order valence-corrected chi connectivity index (χ1v) is 6.67. The lowest BCUT2D eigenvalue weighted by Crippen LogP contribution is -2.34. The van der Waals surface area contributed by atoms with Crippen LogP contribution in [0.1, 0.15) is 19.8 Å². The van der Waals surface area contributed by atoms with E-state index in [1.54, 1.807) is 0 Å². The minimum absolute atomic E-state index is 0.0407. The molecule has 1 N–H and O–H groups in total. The van der Waals surface area contributed by atoms with Crippen molar-refractivity contribution in [3.05, 3.63) is 0 Å². The van der Waals surface area contributed by atoms with Crippen molar-refractivity contribution in [1.82, 2.24) is 10.2 Å². The van der Waals surface area contributed by atoms with Gasteiger partial charge in [0.1, 0.15) is 0 Å². The highest BCUT2D eigenvalue weighted by Gasteiger charge is 2.28. The maximum absolute atomic E-state index is 11.8. The van der Waals surface area contributed by atoms with E-state index < -0.39 is 5.51 Å². The fraction of sp³-hybridized carbons (Fsp3) is 1.00. The third-order valence-corrected chi connectivity index (χ3v) is 3.33. The Balaban J connectivity index is 1.91. The molecule has 1 rings (SSSR count). The lowest BCUT2D eigenvalue weighted by atomic mass is 10.4. The second-order valence-corrected chi connectivity index (χ2v) is 5.06. The Hall–Kier alpha value is 0.0600. The summed E-state index contributed by atoms with van der Waals surface area (Å²) in [5, 5.41) is 3.04. The van der Waals surface area contributed by atoms with Crippen LogP contribution < -0.4 is 5.32 Å². The quantitative estimate of drug-likeness (QED) is 0.671. The van der Waals surface area contributed by atoms with E-state index in [1.807, 2.05) is 0 Å². The van der Waals surface area contributed by atoms with Crippen molar-refractivity contribution < 1.29 is 13.2 Å². The summed E-state index contributed by atoms with van der Waals surface area (Å²) in [4.78, 5) is 2.38. The fourth-order valence-electron chi connectivity index (χ4n) is 1.63. The number of halogens is 3. The highest BCUT2D eigenvalue weighted by atomic mass is 32.2. The van der Waals surface area contributed by atoms with Crippen LogP contribution in [0.3, 0.4) is 0 Å². The summed E-state index contributed by atoms with van der Waals surface area (Å²) in [6.45, 7) is 5.30. The highest BCUT2D eigenvalue weighted by molar-refractivity contribution is 8.00. The van der Waals surface area contributed by atoms with Gasteiger partial charge in [0.25, 0.3) is 0 Å². The zero-order valence-corrected chi connectivity index (χ0v) is 10.3. The predicted octanol–water partition coefficient (Wildman–Crippen LogP) is 2.31. The van der Waals surface area contributed by atoms with Crippen LogP contribution in [-0.2, 0) is 0 Å². The Bertz CT molecular complexity index is 195. The van der Waals surface area contributed by atoms with Crippen molar-refractivity contribution in [2.45, 2.75) is 31.3 Å². The van der Waals surface area contributed by atoms with Gasteiger partial charge in [0.2, 0.25) is 0 Å². The van der Waals surface area contributed by atoms with Crippen LogP contribution in [0.2, 0.25) is 0 Å². The number of hydrogen-bond donors (Lipinski definition) is 1. The van der Waals surface area contributed by atoms with Crippen LogP contribution in [0.25, 0.3) is 0 Å². The normalized spacial score (nSPS) is 17.1. The van der Waals surface area contributed by atoms with Crippen molar-refractivity contribution in [3.8, 4) is 0 Å². The summed E-state index contributed by atoms with van der Waals surface area (Å²) < 4.78 is 35.4. The van der Waals surface area contributed by atoms with E-state index >= 15 is 0 Å². The van der Waals surface area contributed by atoms with Gasteiger partial charge < -0.3 is 5.32 Å². The molecule has 0 atom stereocenters. The third-order valence-electron chi connectivity index (χ3n) is 2.59. The molecule has 0 amide bonds. The molecular weight excluding hydrogens is 237 g/mol. The summed E-state index contributed by atoms with van der Waals surface area (Å²) in [6, 6.07) is 0.733. The number of alkyl halides is 3. The molecule has 16 heavy (non-hydrogen) atoms. The number of hydrogen-bond acceptors (Lipinski definition) is 3. The van der Waals surface area contributed by atoms with Gasteiger partial charge in [-0.1, -0.05) is 6.92 Å². The van der Waals surface area contributed by atoms with Gasteiger partial charge in [0, 0.05) is 31.4 Å². The van der Waals surface area contributed by atoms with Crippen LogP contribution >= 0.6 is 11.8 Å².